The van der Waals surface area contributed by atoms with Crippen molar-refractivity contribution in [3.8, 4) is 0 Å². The van der Waals surface area contributed by atoms with E-state index in [4.69, 9.17) is 11.6 Å². The van der Waals surface area contributed by atoms with Gasteiger partial charge in [0.25, 0.3) is 0 Å². The summed E-state index contributed by atoms with van der Waals surface area (Å²) in [6.45, 7) is 4.84. The van der Waals surface area contributed by atoms with E-state index in [-0.39, 0.29) is 0 Å². The first kappa shape index (κ1) is 14.6. The minimum absolute atomic E-state index is 0.372. The van der Waals surface area contributed by atoms with Crippen LogP contribution in [0.1, 0.15) is 0 Å². The van der Waals surface area contributed by atoms with E-state index in [1.54, 1.807) is 12.1 Å². The van der Waals surface area contributed by atoms with Crippen molar-refractivity contribution in [2.45, 2.75) is 4.90 Å². The number of anilines is 1. The van der Waals surface area contributed by atoms with E-state index in [9.17, 15) is 8.42 Å². The van der Waals surface area contributed by atoms with Crippen LogP contribution in [0.5, 0.6) is 0 Å². The number of hydrogen-bond donors (Lipinski definition) is 0. The molecule has 0 bridgehead atoms. The number of alkyl halides is 1. The SMILES string of the molecule is CS(=O)(=O)c1ccc(N2CCN(CCCl)CC2)cc1. The molecular weight excluding hydrogens is 284 g/mol. The third kappa shape index (κ3) is 3.84. The molecule has 0 N–H and O–H groups in total. The smallest absolute Gasteiger partial charge is 0.175 e. The summed E-state index contributed by atoms with van der Waals surface area (Å²) < 4.78 is 22.8. The van der Waals surface area contributed by atoms with Gasteiger partial charge in [0, 0.05) is 50.5 Å². The highest BCUT2D eigenvalue weighted by molar-refractivity contribution is 7.90. The van der Waals surface area contributed by atoms with Gasteiger partial charge in [-0.25, -0.2) is 8.42 Å². The van der Waals surface area contributed by atoms with E-state index in [1.807, 2.05) is 12.1 Å². The van der Waals surface area contributed by atoms with Gasteiger partial charge in [0.1, 0.15) is 0 Å². The van der Waals surface area contributed by atoms with E-state index in [1.165, 1.54) is 6.26 Å². The van der Waals surface area contributed by atoms with Crippen LogP contribution in [0.15, 0.2) is 29.2 Å². The molecular formula is C13H19ClN2O2S. The Morgan fingerprint density at radius 3 is 2.16 bits per heavy atom. The maximum absolute atomic E-state index is 11.4. The van der Waals surface area contributed by atoms with Gasteiger partial charge in [-0.05, 0) is 24.3 Å². The molecule has 0 amide bonds. The number of hydrogen-bond acceptors (Lipinski definition) is 4. The van der Waals surface area contributed by atoms with Crippen molar-refractivity contribution in [3.63, 3.8) is 0 Å². The number of nitrogens with zero attached hydrogens (tertiary/aromatic N) is 2. The minimum atomic E-state index is -3.11. The van der Waals surface area contributed by atoms with Crippen molar-refractivity contribution in [3.05, 3.63) is 24.3 Å². The Hall–Kier alpha value is -0.780. The zero-order valence-electron chi connectivity index (χ0n) is 11.0. The average Bonchev–Trinajstić information content (AvgIpc) is 2.39. The second-order valence-corrected chi connectivity index (χ2v) is 7.18. The summed E-state index contributed by atoms with van der Waals surface area (Å²) in [5.41, 5.74) is 1.08. The Balaban J connectivity index is 2.00. The van der Waals surface area contributed by atoms with Gasteiger partial charge in [-0.1, -0.05) is 0 Å². The highest BCUT2D eigenvalue weighted by atomic mass is 35.5. The largest absolute Gasteiger partial charge is 0.369 e. The second-order valence-electron chi connectivity index (χ2n) is 4.78. The fraction of sp³-hybridized carbons (Fsp3) is 0.538. The third-order valence-corrected chi connectivity index (χ3v) is 4.70. The molecule has 19 heavy (non-hydrogen) atoms. The van der Waals surface area contributed by atoms with Gasteiger partial charge < -0.3 is 4.90 Å². The van der Waals surface area contributed by atoms with Crippen LogP contribution in [-0.2, 0) is 9.84 Å². The lowest BCUT2D eigenvalue weighted by molar-refractivity contribution is 0.272. The van der Waals surface area contributed by atoms with Crippen LogP contribution in [0.4, 0.5) is 5.69 Å². The molecule has 1 heterocycles. The first-order chi connectivity index (χ1) is 9.00. The number of benzene rings is 1. The average molecular weight is 303 g/mol. The van der Waals surface area contributed by atoms with E-state index >= 15 is 0 Å². The van der Waals surface area contributed by atoms with Crippen molar-refractivity contribution in [2.24, 2.45) is 0 Å². The van der Waals surface area contributed by atoms with Gasteiger partial charge in [0.05, 0.1) is 4.90 Å². The van der Waals surface area contributed by atoms with Crippen molar-refractivity contribution >= 4 is 27.1 Å². The Labute approximate surface area is 119 Å². The molecule has 1 fully saturated rings. The van der Waals surface area contributed by atoms with Gasteiger partial charge in [-0.15, -0.1) is 11.6 Å². The van der Waals surface area contributed by atoms with E-state index < -0.39 is 9.84 Å². The highest BCUT2D eigenvalue weighted by Crippen LogP contribution is 2.19. The highest BCUT2D eigenvalue weighted by Gasteiger charge is 2.17. The molecule has 0 aromatic heterocycles. The van der Waals surface area contributed by atoms with Crippen LogP contribution < -0.4 is 4.90 Å². The summed E-state index contributed by atoms with van der Waals surface area (Å²) in [6, 6.07) is 7.12. The minimum Gasteiger partial charge on any atom is -0.369 e. The van der Waals surface area contributed by atoms with Crippen molar-refractivity contribution in [1.82, 2.24) is 4.90 Å². The van der Waals surface area contributed by atoms with Crippen molar-refractivity contribution in [1.29, 1.82) is 0 Å². The lowest BCUT2D eigenvalue weighted by atomic mass is 10.2. The van der Waals surface area contributed by atoms with Crippen LogP contribution in [0.3, 0.4) is 0 Å². The standard InChI is InChI=1S/C13H19ClN2O2S/c1-19(17,18)13-4-2-12(3-5-13)16-10-8-15(7-6-14)9-11-16/h2-5H,6-11H2,1H3. The van der Waals surface area contributed by atoms with Crippen molar-refractivity contribution < 1.29 is 8.42 Å². The maximum Gasteiger partial charge on any atom is 0.175 e. The molecule has 1 aromatic rings. The molecule has 0 aliphatic carbocycles. The van der Waals surface area contributed by atoms with Gasteiger partial charge >= 0.3 is 0 Å². The lowest BCUT2D eigenvalue weighted by Crippen LogP contribution is -2.46. The molecule has 0 atom stereocenters. The van der Waals surface area contributed by atoms with E-state index in [0.29, 0.717) is 10.8 Å². The van der Waals surface area contributed by atoms with E-state index in [0.717, 1.165) is 38.4 Å². The lowest BCUT2D eigenvalue weighted by Gasteiger charge is -2.35. The van der Waals surface area contributed by atoms with Crippen LogP contribution in [0.2, 0.25) is 0 Å². The Bertz CT molecular complexity index is 508. The molecule has 0 unspecified atom stereocenters. The Morgan fingerprint density at radius 2 is 1.68 bits per heavy atom. The monoisotopic (exact) mass is 302 g/mol. The molecule has 6 heteroatoms. The quantitative estimate of drug-likeness (QED) is 0.790. The van der Waals surface area contributed by atoms with Crippen LogP contribution in [-0.4, -0.2) is 58.2 Å². The van der Waals surface area contributed by atoms with E-state index in [2.05, 4.69) is 9.80 Å². The van der Waals surface area contributed by atoms with Gasteiger partial charge in [0.2, 0.25) is 0 Å². The molecule has 0 spiro atoms. The third-order valence-electron chi connectivity index (χ3n) is 3.40. The van der Waals surface area contributed by atoms with Gasteiger partial charge in [-0.2, -0.15) is 0 Å². The number of piperazine rings is 1. The molecule has 106 valence electrons. The number of sulfone groups is 1. The maximum atomic E-state index is 11.4. The molecule has 0 saturated carbocycles. The molecule has 0 radical (unpaired) electrons. The fourth-order valence-electron chi connectivity index (χ4n) is 2.25. The molecule has 1 aromatic carbocycles. The summed E-state index contributed by atoms with van der Waals surface area (Å²) in [6.07, 6.45) is 1.23. The molecule has 1 aliphatic rings. The zero-order valence-corrected chi connectivity index (χ0v) is 12.6. The first-order valence-corrected chi connectivity index (χ1v) is 8.77. The summed E-state index contributed by atoms with van der Waals surface area (Å²) in [7, 11) is -3.11. The summed E-state index contributed by atoms with van der Waals surface area (Å²) in [5, 5.41) is 0. The molecule has 1 saturated heterocycles. The van der Waals surface area contributed by atoms with Crippen LogP contribution in [0, 0.1) is 0 Å². The number of rotatable bonds is 4. The fourth-order valence-corrected chi connectivity index (χ4v) is 3.12. The van der Waals surface area contributed by atoms with Gasteiger partial charge in [0.15, 0.2) is 9.84 Å². The predicted molar refractivity (Wildman–Crippen MR) is 78.9 cm³/mol. The summed E-state index contributed by atoms with van der Waals surface area (Å²) in [5.74, 6) is 0.670. The summed E-state index contributed by atoms with van der Waals surface area (Å²) in [4.78, 5) is 4.99. The topological polar surface area (TPSA) is 40.6 Å². The Morgan fingerprint density at radius 1 is 1.11 bits per heavy atom. The predicted octanol–water partition coefficient (Wildman–Crippen LogP) is 1.45. The second kappa shape index (κ2) is 6.11. The normalized spacial score (nSPS) is 17.7. The van der Waals surface area contributed by atoms with Gasteiger partial charge in [-0.3, -0.25) is 4.90 Å². The van der Waals surface area contributed by atoms with Crippen LogP contribution >= 0.6 is 11.6 Å². The van der Waals surface area contributed by atoms with Crippen LogP contribution in [0.25, 0.3) is 0 Å². The number of halogens is 1. The molecule has 2 rings (SSSR count). The summed E-state index contributed by atoms with van der Waals surface area (Å²) >= 11 is 5.74. The van der Waals surface area contributed by atoms with Crippen molar-refractivity contribution in [2.75, 3.05) is 49.8 Å². The first-order valence-electron chi connectivity index (χ1n) is 6.34. The molecule has 1 aliphatic heterocycles. The Kier molecular flexibility index (Phi) is 4.71. The molecule has 4 nitrogen and oxygen atoms in total. The zero-order chi connectivity index (χ0) is 13.9.